The van der Waals surface area contributed by atoms with E-state index < -0.39 is 10.0 Å². The summed E-state index contributed by atoms with van der Waals surface area (Å²) in [6.07, 6.45) is 5.42. The van der Waals surface area contributed by atoms with Crippen LogP contribution in [-0.4, -0.2) is 42.9 Å². The van der Waals surface area contributed by atoms with Crippen molar-refractivity contribution >= 4 is 15.9 Å². The number of piperidine rings is 1. The first kappa shape index (κ1) is 18.3. The van der Waals surface area contributed by atoms with Crippen molar-refractivity contribution in [3.05, 3.63) is 54.4 Å². The molecule has 1 unspecified atom stereocenters. The summed E-state index contributed by atoms with van der Waals surface area (Å²) < 4.78 is 30.1. The zero-order valence-corrected chi connectivity index (χ0v) is 16.3. The lowest BCUT2D eigenvalue weighted by molar-refractivity contribution is 0.00476. The van der Waals surface area contributed by atoms with Crippen LogP contribution in [-0.2, 0) is 17.1 Å². The summed E-state index contributed by atoms with van der Waals surface area (Å²) in [6, 6.07) is 12.2. The lowest BCUT2D eigenvalue weighted by Crippen LogP contribution is -2.59. The molecule has 1 spiro atoms. The van der Waals surface area contributed by atoms with E-state index in [1.54, 1.807) is 24.3 Å². The zero-order valence-electron chi connectivity index (χ0n) is 15.5. The number of aromatic nitrogens is 1. The average Bonchev–Trinajstić information content (AvgIpc) is 3.11. The molecule has 1 aliphatic carbocycles. The van der Waals surface area contributed by atoms with Crippen LogP contribution in [0.3, 0.4) is 0 Å². The summed E-state index contributed by atoms with van der Waals surface area (Å²) in [7, 11) is -1.63. The first-order valence-corrected chi connectivity index (χ1v) is 10.9. The largest absolute Gasteiger partial charge is 0.347 e. The molecule has 144 valence electrons. The molecule has 1 saturated heterocycles. The van der Waals surface area contributed by atoms with Crippen LogP contribution < -0.4 is 4.72 Å². The minimum absolute atomic E-state index is 0.0210. The van der Waals surface area contributed by atoms with Gasteiger partial charge >= 0.3 is 0 Å². The Kier molecular flexibility index (Phi) is 4.60. The average molecular weight is 388 g/mol. The molecule has 2 aromatic rings. The van der Waals surface area contributed by atoms with Gasteiger partial charge in [0.25, 0.3) is 5.91 Å². The van der Waals surface area contributed by atoms with Gasteiger partial charge in [-0.3, -0.25) is 4.79 Å². The van der Waals surface area contributed by atoms with Crippen molar-refractivity contribution in [2.75, 3.05) is 13.1 Å². The molecule has 1 N–H and O–H groups in total. The predicted octanol–water partition coefficient (Wildman–Crippen LogP) is 2.39. The van der Waals surface area contributed by atoms with E-state index >= 15 is 0 Å². The van der Waals surface area contributed by atoms with Crippen LogP contribution in [0, 0.1) is 5.41 Å². The number of carbonyl (C=O) groups excluding carboxylic acids is 1. The molecule has 1 amide bonds. The van der Waals surface area contributed by atoms with Gasteiger partial charge in [0.05, 0.1) is 4.90 Å². The van der Waals surface area contributed by atoms with Crippen molar-refractivity contribution in [1.82, 2.24) is 14.2 Å². The lowest BCUT2D eigenvalue weighted by Gasteiger charge is -2.53. The number of likely N-dealkylation sites (tertiary alicyclic amines) is 1. The number of hydrogen-bond acceptors (Lipinski definition) is 3. The normalized spacial score (nSPS) is 21.8. The monoisotopic (exact) mass is 387 g/mol. The van der Waals surface area contributed by atoms with Crippen molar-refractivity contribution in [3.8, 4) is 0 Å². The number of carbonyl (C=O) groups is 1. The Morgan fingerprint density at radius 2 is 1.78 bits per heavy atom. The highest BCUT2D eigenvalue weighted by atomic mass is 32.2. The van der Waals surface area contributed by atoms with Crippen LogP contribution in [0.1, 0.15) is 36.2 Å². The Hall–Kier alpha value is -2.12. The molecule has 27 heavy (non-hydrogen) atoms. The quantitative estimate of drug-likeness (QED) is 0.876. The van der Waals surface area contributed by atoms with Gasteiger partial charge in [-0.05, 0) is 55.4 Å². The smallest absolute Gasteiger partial charge is 0.270 e. The maximum absolute atomic E-state index is 12.7. The summed E-state index contributed by atoms with van der Waals surface area (Å²) in [5.41, 5.74) is 0.674. The van der Waals surface area contributed by atoms with E-state index in [2.05, 4.69) is 4.72 Å². The number of hydrogen-bond donors (Lipinski definition) is 1. The molecular formula is C20H25N3O3S. The van der Waals surface area contributed by atoms with Crippen molar-refractivity contribution in [1.29, 1.82) is 0 Å². The summed E-state index contributed by atoms with van der Waals surface area (Å²) >= 11 is 0. The fourth-order valence-electron chi connectivity index (χ4n) is 4.33. The minimum Gasteiger partial charge on any atom is -0.347 e. The number of nitrogens with zero attached hydrogens (tertiary/aromatic N) is 2. The number of aryl methyl sites for hydroxylation is 1. The molecule has 1 saturated carbocycles. The van der Waals surface area contributed by atoms with E-state index in [1.807, 2.05) is 40.9 Å². The first-order chi connectivity index (χ1) is 12.9. The van der Waals surface area contributed by atoms with E-state index in [4.69, 9.17) is 0 Å². The van der Waals surface area contributed by atoms with Gasteiger partial charge in [0.1, 0.15) is 5.69 Å². The SMILES string of the molecule is Cn1cccc1C(=O)N1CCC2(CCC2NS(=O)(=O)c2ccccc2)CC1. The summed E-state index contributed by atoms with van der Waals surface area (Å²) in [4.78, 5) is 14.9. The molecule has 1 aromatic heterocycles. The Labute approximate surface area is 160 Å². The minimum atomic E-state index is -3.50. The third-order valence-electron chi connectivity index (χ3n) is 6.23. The maximum Gasteiger partial charge on any atom is 0.270 e. The third-order valence-corrected chi connectivity index (χ3v) is 7.72. The highest BCUT2D eigenvalue weighted by Gasteiger charge is 2.50. The maximum atomic E-state index is 12.7. The Morgan fingerprint density at radius 1 is 1.07 bits per heavy atom. The Bertz CT molecular complexity index is 928. The van der Waals surface area contributed by atoms with Crippen molar-refractivity contribution in [2.45, 2.75) is 36.6 Å². The van der Waals surface area contributed by atoms with Gasteiger partial charge in [-0.15, -0.1) is 0 Å². The predicted molar refractivity (Wildman–Crippen MR) is 103 cm³/mol. The number of amides is 1. The molecular weight excluding hydrogens is 362 g/mol. The van der Waals surface area contributed by atoms with Gasteiger partial charge < -0.3 is 9.47 Å². The van der Waals surface area contributed by atoms with Crippen LogP contribution >= 0.6 is 0 Å². The second kappa shape index (κ2) is 6.80. The fourth-order valence-corrected chi connectivity index (χ4v) is 5.73. The zero-order chi connectivity index (χ0) is 19.1. The van der Waals surface area contributed by atoms with Crippen LogP contribution in [0.4, 0.5) is 0 Å². The highest BCUT2D eigenvalue weighted by molar-refractivity contribution is 7.89. The van der Waals surface area contributed by atoms with Crippen molar-refractivity contribution in [3.63, 3.8) is 0 Å². The molecule has 0 bridgehead atoms. The summed E-state index contributed by atoms with van der Waals surface area (Å²) in [5.74, 6) is 0.0538. The number of rotatable bonds is 4. The molecule has 2 fully saturated rings. The molecule has 0 radical (unpaired) electrons. The van der Waals surface area contributed by atoms with E-state index in [-0.39, 0.29) is 17.4 Å². The van der Waals surface area contributed by atoms with Crippen LogP contribution in [0.15, 0.2) is 53.6 Å². The van der Waals surface area contributed by atoms with Gasteiger partial charge in [0.2, 0.25) is 10.0 Å². The topological polar surface area (TPSA) is 71.4 Å². The van der Waals surface area contributed by atoms with Crippen molar-refractivity contribution in [2.24, 2.45) is 12.5 Å². The molecule has 2 heterocycles. The van der Waals surface area contributed by atoms with Gasteiger partial charge in [-0.25, -0.2) is 13.1 Å². The molecule has 7 heteroatoms. The molecule has 2 aliphatic rings. The van der Waals surface area contributed by atoms with Crippen LogP contribution in [0.2, 0.25) is 0 Å². The number of sulfonamides is 1. The van der Waals surface area contributed by atoms with E-state index in [0.29, 0.717) is 23.7 Å². The molecule has 1 aliphatic heterocycles. The summed E-state index contributed by atoms with van der Waals surface area (Å²) in [5, 5.41) is 0. The molecule has 1 aromatic carbocycles. The van der Waals surface area contributed by atoms with E-state index in [0.717, 1.165) is 25.7 Å². The van der Waals surface area contributed by atoms with Gasteiger partial charge in [-0.1, -0.05) is 18.2 Å². The van der Waals surface area contributed by atoms with Crippen molar-refractivity contribution < 1.29 is 13.2 Å². The van der Waals surface area contributed by atoms with Crippen LogP contribution in [0.5, 0.6) is 0 Å². The van der Waals surface area contributed by atoms with E-state index in [1.165, 1.54) is 0 Å². The van der Waals surface area contributed by atoms with Gasteiger partial charge in [0.15, 0.2) is 0 Å². The third kappa shape index (κ3) is 3.30. The Morgan fingerprint density at radius 3 is 2.33 bits per heavy atom. The molecule has 6 nitrogen and oxygen atoms in total. The van der Waals surface area contributed by atoms with E-state index in [9.17, 15) is 13.2 Å². The lowest BCUT2D eigenvalue weighted by atomic mass is 9.59. The number of benzene rings is 1. The first-order valence-electron chi connectivity index (χ1n) is 9.39. The van der Waals surface area contributed by atoms with Gasteiger partial charge in [-0.2, -0.15) is 0 Å². The van der Waals surface area contributed by atoms with Crippen LogP contribution in [0.25, 0.3) is 0 Å². The second-order valence-corrected chi connectivity index (χ2v) is 9.40. The van der Waals surface area contributed by atoms with Gasteiger partial charge in [0, 0.05) is 32.4 Å². The number of nitrogens with one attached hydrogen (secondary N) is 1. The second-order valence-electron chi connectivity index (χ2n) is 7.68. The highest BCUT2D eigenvalue weighted by Crippen LogP contribution is 2.49. The Balaban J connectivity index is 1.41. The fraction of sp³-hybridized carbons (Fsp3) is 0.450. The molecule has 4 rings (SSSR count). The molecule has 1 atom stereocenters. The standard InChI is InChI=1S/C20H25N3O3S/c1-22-13-5-8-17(22)19(24)23-14-11-20(12-15-23)10-9-18(20)21-27(25,26)16-6-3-2-4-7-16/h2-8,13,18,21H,9-12,14-15H2,1H3. The summed E-state index contributed by atoms with van der Waals surface area (Å²) in [6.45, 7) is 1.35.